The second kappa shape index (κ2) is 6.06. The topological polar surface area (TPSA) is 67.8 Å². The molecule has 0 unspecified atom stereocenters. The van der Waals surface area contributed by atoms with E-state index in [1.807, 2.05) is 17.5 Å². The highest BCUT2D eigenvalue weighted by atomic mass is 32.2. The average Bonchev–Trinajstić information content (AvgIpc) is 2.99. The van der Waals surface area contributed by atoms with Crippen molar-refractivity contribution in [1.29, 1.82) is 0 Å². The maximum absolute atomic E-state index is 12.1. The number of rotatable bonds is 5. The van der Waals surface area contributed by atoms with Gasteiger partial charge < -0.3 is 4.74 Å². The fraction of sp³-hybridized carbons (Fsp3) is 0.154. The summed E-state index contributed by atoms with van der Waals surface area (Å²) in [6.45, 7) is 1.75. The molecule has 106 valence electrons. The van der Waals surface area contributed by atoms with E-state index >= 15 is 0 Å². The number of nitrogens with zero attached hydrogens (tertiary/aromatic N) is 1. The number of benzene rings is 1. The molecule has 2 rings (SSSR count). The van der Waals surface area contributed by atoms with E-state index in [1.54, 1.807) is 19.1 Å². The van der Waals surface area contributed by atoms with Crippen LogP contribution in [-0.4, -0.2) is 21.2 Å². The number of hydrogen-bond donors (Lipinski definition) is 1. The van der Waals surface area contributed by atoms with Crippen molar-refractivity contribution in [1.82, 2.24) is 4.83 Å². The molecular weight excluding hydrogens is 296 g/mol. The van der Waals surface area contributed by atoms with Gasteiger partial charge in [-0.05, 0) is 42.6 Å². The minimum atomic E-state index is -3.66. The molecule has 0 fully saturated rings. The van der Waals surface area contributed by atoms with Gasteiger partial charge in [-0.3, -0.25) is 0 Å². The van der Waals surface area contributed by atoms with Gasteiger partial charge in [-0.2, -0.15) is 18.4 Å². The zero-order valence-electron chi connectivity index (χ0n) is 11.0. The van der Waals surface area contributed by atoms with Gasteiger partial charge in [0.05, 0.1) is 22.6 Å². The molecule has 0 aliphatic carbocycles. The highest BCUT2D eigenvalue weighted by Gasteiger charge is 2.13. The fourth-order valence-corrected chi connectivity index (χ4v) is 3.01. The average molecular weight is 310 g/mol. The third kappa shape index (κ3) is 3.37. The highest BCUT2D eigenvalue weighted by Crippen LogP contribution is 2.15. The molecule has 1 heterocycles. The summed E-state index contributed by atoms with van der Waals surface area (Å²) in [4.78, 5) is 3.29. The summed E-state index contributed by atoms with van der Waals surface area (Å²) in [6.07, 6.45) is 0. The van der Waals surface area contributed by atoms with Crippen molar-refractivity contribution in [3.8, 4) is 5.75 Å². The Morgan fingerprint density at radius 2 is 1.95 bits per heavy atom. The molecule has 7 heteroatoms. The van der Waals surface area contributed by atoms with Crippen LogP contribution in [0.4, 0.5) is 0 Å². The van der Waals surface area contributed by atoms with E-state index in [2.05, 4.69) is 9.93 Å². The Bertz CT molecular complexity index is 690. The zero-order valence-corrected chi connectivity index (χ0v) is 12.7. The van der Waals surface area contributed by atoms with Gasteiger partial charge >= 0.3 is 0 Å². The van der Waals surface area contributed by atoms with E-state index in [-0.39, 0.29) is 4.90 Å². The van der Waals surface area contributed by atoms with E-state index in [1.165, 1.54) is 30.6 Å². The van der Waals surface area contributed by atoms with Crippen LogP contribution < -0.4 is 9.57 Å². The van der Waals surface area contributed by atoms with Crippen molar-refractivity contribution in [3.63, 3.8) is 0 Å². The molecule has 2 aromatic rings. The number of sulfonamides is 1. The standard InChI is InChI=1S/C13H14N2O3S2/c1-10(13-4-3-9-19-13)14-15-20(16,17)12-7-5-11(18-2)6-8-12/h3-9,15H,1-2H3/b14-10+. The molecule has 1 aromatic heterocycles. The molecule has 0 bridgehead atoms. The summed E-state index contributed by atoms with van der Waals surface area (Å²) in [7, 11) is -2.14. The summed E-state index contributed by atoms with van der Waals surface area (Å²) < 4.78 is 29.1. The molecule has 0 amide bonds. The maximum Gasteiger partial charge on any atom is 0.276 e. The van der Waals surface area contributed by atoms with E-state index in [4.69, 9.17) is 4.74 Å². The number of thiophene rings is 1. The van der Waals surface area contributed by atoms with Crippen molar-refractivity contribution in [2.45, 2.75) is 11.8 Å². The lowest BCUT2D eigenvalue weighted by atomic mass is 10.3. The van der Waals surface area contributed by atoms with Gasteiger partial charge in [-0.15, -0.1) is 11.3 Å². The monoisotopic (exact) mass is 310 g/mol. The largest absolute Gasteiger partial charge is 0.497 e. The number of hydrogen-bond acceptors (Lipinski definition) is 5. The second-order valence-electron chi connectivity index (χ2n) is 3.94. The van der Waals surface area contributed by atoms with Crippen molar-refractivity contribution < 1.29 is 13.2 Å². The van der Waals surface area contributed by atoms with Gasteiger partial charge in [0.2, 0.25) is 0 Å². The molecule has 20 heavy (non-hydrogen) atoms. The molecule has 0 atom stereocenters. The SMILES string of the molecule is COc1ccc(S(=O)(=O)N/N=C(\C)c2cccs2)cc1. The predicted octanol–water partition coefficient (Wildman–Crippen LogP) is 2.46. The molecule has 0 aliphatic rings. The van der Waals surface area contributed by atoms with Crippen LogP contribution in [0.5, 0.6) is 5.75 Å². The van der Waals surface area contributed by atoms with Crippen LogP contribution in [0.2, 0.25) is 0 Å². The Labute approximate surface area is 122 Å². The van der Waals surface area contributed by atoms with Crippen molar-refractivity contribution in [2.24, 2.45) is 5.10 Å². The van der Waals surface area contributed by atoms with Gasteiger partial charge in [0.25, 0.3) is 10.0 Å². The zero-order chi connectivity index (χ0) is 14.6. The van der Waals surface area contributed by atoms with E-state index < -0.39 is 10.0 Å². The highest BCUT2D eigenvalue weighted by molar-refractivity contribution is 7.89. The normalized spacial score (nSPS) is 12.2. The van der Waals surface area contributed by atoms with E-state index in [0.717, 1.165) is 4.88 Å². The van der Waals surface area contributed by atoms with Crippen molar-refractivity contribution in [3.05, 3.63) is 46.7 Å². The second-order valence-corrected chi connectivity index (χ2v) is 6.55. The summed E-state index contributed by atoms with van der Waals surface area (Å²) in [6, 6.07) is 9.88. The summed E-state index contributed by atoms with van der Waals surface area (Å²) >= 11 is 1.50. The summed E-state index contributed by atoms with van der Waals surface area (Å²) in [5, 5.41) is 5.82. The van der Waals surface area contributed by atoms with Crippen LogP contribution in [0.25, 0.3) is 0 Å². The van der Waals surface area contributed by atoms with Crippen molar-refractivity contribution >= 4 is 27.1 Å². The fourth-order valence-electron chi connectivity index (χ4n) is 1.48. The number of methoxy groups -OCH3 is 1. The summed E-state index contributed by atoms with van der Waals surface area (Å²) in [5.74, 6) is 0.599. The first-order chi connectivity index (χ1) is 9.53. The van der Waals surface area contributed by atoms with Crippen molar-refractivity contribution in [2.75, 3.05) is 7.11 Å². The first-order valence-corrected chi connectivity index (χ1v) is 8.13. The molecule has 0 radical (unpaired) electrons. The number of nitrogens with one attached hydrogen (secondary N) is 1. The minimum Gasteiger partial charge on any atom is -0.497 e. The molecule has 1 aromatic carbocycles. The van der Waals surface area contributed by atoms with Crippen LogP contribution in [-0.2, 0) is 10.0 Å². The van der Waals surface area contributed by atoms with Gasteiger partial charge in [0, 0.05) is 0 Å². The number of hydrazone groups is 1. The van der Waals surface area contributed by atoms with Crippen LogP contribution in [0.15, 0.2) is 51.8 Å². The Hall–Kier alpha value is -1.86. The van der Waals surface area contributed by atoms with Crippen LogP contribution >= 0.6 is 11.3 Å². The first-order valence-electron chi connectivity index (χ1n) is 5.77. The Balaban J connectivity index is 2.16. The van der Waals surface area contributed by atoms with Gasteiger partial charge in [-0.25, -0.2) is 0 Å². The lowest BCUT2D eigenvalue weighted by molar-refractivity contribution is 0.414. The quantitative estimate of drug-likeness (QED) is 0.681. The number of ether oxygens (including phenoxy) is 1. The molecule has 1 N–H and O–H groups in total. The van der Waals surface area contributed by atoms with Crippen LogP contribution in [0.1, 0.15) is 11.8 Å². The minimum absolute atomic E-state index is 0.140. The third-order valence-electron chi connectivity index (χ3n) is 2.58. The van der Waals surface area contributed by atoms with Gasteiger partial charge in [-0.1, -0.05) is 6.07 Å². The van der Waals surface area contributed by atoms with Crippen LogP contribution in [0, 0.1) is 0 Å². The molecule has 0 spiro atoms. The van der Waals surface area contributed by atoms with Gasteiger partial charge in [0.15, 0.2) is 0 Å². The molecular formula is C13H14N2O3S2. The predicted molar refractivity (Wildman–Crippen MR) is 79.8 cm³/mol. The smallest absolute Gasteiger partial charge is 0.276 e. The summed E-state index contributed by atoms with van der Waals surface area (Å²) in [5.41, 5.74) is 0.622. The Kier molecular flexibility index (Phi) is 4.41. The lowest BCUT2D eigenvalue weighted by Crippen LogP contribution is -2.19. The Morgan fingerprint density at radius 3 is 2.50 bits per heavy atom. The van der Waals surface area contributed by atoms with E-state index in [9.17, 15) is 8.42 Å². The van der Waals surface area contributed by atoms with Crippen LogP contribution in [0.3, 0.4) is 0 Å². The molecule has 0 saturated carbocycles. The third-order valence-corrected chi connectivity index (χ3v) is 4.78. The van der Waals surface area contributed by atoms with E-state index in [0.29, 0.717) is 11.5 Å². The molecule has 5 nitrogen and oxygen atoms in total. The first kappa shape index (κ1) is 14.5. The molecule has 0 aliphatic heterocycles. The molecule has 0 saturated heterocycles. The van der Waals surface area contributed by atoms with Gasteiger partial charge in [0.1, 0.15) is 5.75 Å². The Morgan fingerprint density at radius 1 is 1.25 bits per heavy atom. The lowest BCUT2D eigenvalue weighted by Gasteiger charge is -2.05. The maximum atomic E-state index is 12.1.